The molecule has 1 aromatic carbocycles. The van der Waals surface area contributed by atoms with Crippen molar-refractivity contribution in [1.29, 1.82) is 0 Å². The summed E-state index contributed by atoms with van der Waals surface area (Å²) in [5.74, 6) is -0.437. The van der Waals surface area contributed by atoms with Crippen LogP contribution in [0.1, 0.15) is 18.2 Å². The van der Waals surface area contributed by atoms with Gasteiger partial charge in [0.2, 0.25) is 0 Å². The summed E-state index contributed by atoms with van der Waals surface area (Å²) >= 11 is 1.80. The summed E-state index contributed by atoms with van der Waals surface area (Å²) in [5, 5.41) is 9.27. The highest BCUT2D eigenvalue weighted by Crippen LogP contribution is 2.30. The van der Waals surface area contributed by atoms with Crippen LogP contribution in [0.4, 0.5) is 0 Å². The zero-order chi connectivity index (χ0) is 15.5. The lowest BCUT2D eigenvalue weighted by molar-refractivity contribution is -0.144. The predicted octanol–water partition coefficient (Wildman–Crippen LogP) is 3.96. The smallest absolute Gasteiger partial charge is 0.307 e. The first-order valence-corrected chi connectivity index (χ1v) is 8.53. The Kier molecular flexibility index (Phi) is 4.60. The molecule has 2 unspecified atom stereocenters. The molecule has 1 fully saturated rings. The summed E-state index contributed by atoms with van der Waals surface area (Å²) in [6.07, 6.45) is 0.797. The Balaban J connectivity index is 1.68. The lowest BCUT2D eigenvalue weighted by Gasteiger charge is -2.34. The van der Waals surface area contributed by atoms with Gasteiger partial charge in [-0.1, -0.05) is 37.3 Å². The van der Waals surface area contributed by atoms with E-state index in [9.17, 15) is 9.90 Å². The van der Waals surface area contributed by atoms with Crippen LogP contribution in [0.3, 0.4) is 0 Å². The third-order valence-electron chi connectivity index (χ3n) is 4.18. The number of carboxylic acids is 1. The molecule has 0 saturated carbocycles. The lowest BCUT2D eigenvalue weighted by atomic mass is 9.90. The van der Waals surface area contributed by atoms with Crippen LogP contribution in [-0.2, 0) is 11.3 Å². The van der Waals surface area contributed by atoms with Gasteiger partial charge < -0.3 is 5.11 Å². The Labute approximate surface area is 135 Å². The van der Waals surface area contributed by atoms with Crippen molar-refractivity contribution < 1.29 is 9.90 Å². The molecular formula is C18H21NO2S. The van der Waals surface area contributed by atoms with Gasteiger partial charge in [0, 0.05) is 29.4 Å². The van der Waals surface area contributed by atoms with E-state index in [2.05, 4.69) is 48.2 Å². The molecule has 1 aromatic heterocycles. The van der Waals surface area contributed by atoms with Crippen LogP contribution >= 0.6 is 11.3 Å². The monoisotopic (exact) mass is 315 g/mol. The van der Waals surface area contributed by atoms with Crippen LogP contribution in [0.25, 0.3) is 10.4 Å². The van der Waals surface area contributed by atoms with Crippen LogP contribution in [0.5, 0.6) is 0 Å². The second kappa shape index (κ2) is 6.63. The zero-order valence-corrected chi connectivity index (χ0v) is 13.6. The van der Waals surface area contributed by atoms with Gasteiger partial charge in [-0.25, -0.2) is 0 Å². The van der Waals surface area contributed by atoms with Gasteiger partial charge in [0.05, 0.1) is 5.92 Å². The van der Waals surface area contributed by atoms with E-state index in [1.807, 2.05) is 6.07 Å². The van der Waals surface area contributed by atoms with Gasteiger partial charge in [0.25, 0.3) is 0 Å². The number of nitrogens with zero attached hydrogens (tertiary/aromatic N) is 1. The SMILES string of the molecule is CC1CC(C(=O)O)CN(Cc2ccc(-c3ccccc3)s2)C1. The Morgan fingerprint density at radius 3 is 2.73 bits per heavy atom. The van der Waals surface area contributed by atoms with E-state index in [1.165, 1.54) is 15.3 Å². The molecule has 22 heavy (non-hydrogen) atoms. The Morgan fingerprint density at radius 1 is 1.23 bits per heavy atom. The van der Waals surface area contributed by atoms with Crippen LogP contribution in [0.15, 0.2) is 42.5 Å². The minimum atomic E-state index is -0.660. The molecule has 2 atom stereocenters. The number of hydrogen-bond acceptors (Lipinski definition) is 3. The average Bonchev–Trinajstić information content (AvgIpc) is 2.96. The van der Waals surface area contributed by atoms with Gasteiger partial charge in [-0.2, -0.15) is 0 Å². The molecule has 1 N–H and O–H groups in total. The molecule has 1 aliphatic heterocycles. The van der Waals surface area contributed by atoms with E-state index >= 15 is 0 Å². The summed E-state index contributed by atoms with van der Waals surface area (Å²) in [4.78, 5) is 16.1. The first-order chi connectivity index (χ1) is 10.6. The standard InChI is InChI=1S/C18H21NO2S/c1-13-9-15(18(20)21)11-19(10-13)12-16-7-8-17(22-16)14-5-3-2-4-6-14/h2-8,13,15H,9-12H2,1H3,(H,20,21). The maximum atomic E-state index is 11.3. The van der Waals surface area contributed by atoms with Gasteiger partial charge in [-0.05, 0) is 30.0 Å². The maximum absolute atomic E-state index is 11.3. The van der Waals surface area contributed by atoms with Gasteiger partial charge >= 0.3 is 5.97 Å². The lowest BCUT2D eigenvalue weighted by Crippen LogP contribution is -2.41. The van der Waals surface area contributed by atoms with E-state index in [4.69, 9.17) is 0 Å². The largest absolute Gasteiger partial charge is 0.481 e. The molecule has 1 aliphatic rings. The van der Waals surface area contributed by atoms with Crippen LogP contribution in [-0.4, -0.2) is 29.1 Å². The Bertz CT molecular complexity index is 638. The topological polar surface area (TPSA) is 40.5 Å². The normalized spacial score (nSPS) is 22.6. The van der Waals surface area contributed by atoms with Gasteiger partial charge in [-0.15, -0.1) is 11.3 Å². The van der Waals surface area contributed by atoms with Gasteiger partial charge in [-0.3, -0.25) is 9.69 Å². The molecule has 0 radical (unpaired) electrons. The zero-order valence-electron chi connectivity index (χ0n) is 12.7. The molecule has 4 heteroatoms. The number of carbonyl (C=O) groups is 1. The first-order valence-electron chi connectivity index (χ1n) is 7.71. The summed E-state index contributed by atoms with van der Waals surface area (Å²) in [6, 6.07) is 14.7. The fourth-order valence-corrected chi connectivity index (χ4v) is 4.27. The molecule has 1 saturated heterocycles. The Morgan fingerprint density at radius 2 is 2.00 bits per heavy atom. The quantitative estimate of drug-likeness (QED) is 0.928. The van der Waals surface area contributed by atoms with Crippen LogP contribution in [0, 0.1) is 11.8 Å². The maximum Gasteiger partial charge on any atom is 0.307 e. The van der Waals surface area contributed by atoms with Crippen molar-refractivity contribution in [2.75, 3.05) is 13.1 Å². The van der Waals surface area contributed by atoms with Crippen molar-refractivity contribution in [2.45, 2.75) is 19.9 Å². The molecule has 2 aromatic rings. The number of aliphatic carboxylic acids is 1. The molecule has 0 bridgehead atoms. The van der Waals surface area contributed by atoms with Crippen molar-refractivity contribution in [3.63, 3.8) is 0 Å². The number of carboxylic acid groups (broad SMARTS) is 1. The van der Waals surface area contributed by atoms with Gasteiger partial charge in [0.1, 0.15) is 0 Å². The summed E-state index contributed by atoms with van der Waals surface area (Å²) in [6.45, 7) is 4.65. The predicted molar refractivity (Wildman–Crippen MR) is 89.9 cm³/mol. The summed E-state index contributed by atoms with van der Waals surface area (Å²) < 4.78 is 0. The third-order valence-corrected chi connectivity index (χ3v) is 5.30. The van der Waals surface area contributed by atoms with Crippen molar-refractivity contribution in [1.82, 2.24) is 4.90 Å². The fourth-order valence-electron chi connectivity index (χ4n) is 3.21. The molecule has 3 nitrogen and oxygen atoms in total. The van der Waals surface area contributed by atoms with E-state index in [-0.39, 0.29) is 5.92 Å². The second-order valence-electron chi connectivity index (χ2n) is 6.20. The van der Waals surface area contributed by atoms with Gasteiger partial charge in [0.15, 0.2) is 0 Å². The number of likely N-dealkylation sites (tertiary alicyclic amines) is 1. The Hall–Kier alpha value is -1.65. The highest BCUT2D eigenvalue weighted by atomic mass is 32.1. The molecule has 2 heterocycles. The van der Waals surface area contributed by atoms with Crippen molar-refractivity contribution in [2.24, 2.45) is 11.8 Å². The minimum Gasteiger partial charge on any atom is -0.481 e. The number of piperidine rings is 1. The number of hydrogen-bond donors (Lipinski definition) is 1. The van der Waals surface area contributed by atoms with Crippen molar-refractivity contribution in [3.8, 4) is 10.4 Å². The molecule has 3 rings (SSSR count). The van der Waals surface area contributed by atoms with Crippen LogP contribution < -0.4 is 0 Å². The van der Waals surface area contributed by atoms with E-state index in [0.717, 1.165) is 19.5 Å². The highest BCUT2D eigenvalue weighted by Gasteiger charge is 2.29. The molecule has 116 valence electrons. The summed E-state index contributed by atoms with van der Waals surface area (Å²) in [7, 11) is 0. The van der Waals surface area contributed by atoms with Crippen LogP contribution in [0.2, 0.25) is 0 Å². The minimum absolute atomic E-state index is 0.225. The van der Waals surface area contributed by atoms with E-state index < -0.39 is 5.97 Å². The summed E-state index contributed by atoms with van der Waals surface area (Å²) in [5.41, 5.74) is 1.24. The van der Waals surface area contributed by atoms with Crippen molar-refractivity contribution in [3.05, 3.63) is 47.3 Å². The fraction of sp³-hybridized carbons (Fsp3) is 0.389. The average molecular weight is 315 g/mol. The van der Waals surface area contributed by atoms with E-state index in [1.54, 1.807) is 11.3 Å². The molecule has 0 aliphatic carbocycles. The van der Waals surface area contributed by atoms with E-state index in [0.29, 0.717) is 12.5 Å². The number of benzene rings is 1. The second-order valence-corrected chi connectivity index (χ2v) is 7.37. The first kappa shape index (κ1) is 15.3. The highest BCUT2D eigenvalue weighted by molar-refractivity contribution is 7.15. The number of rotatable bonds is 4. The molecular weight excluding hydrogens is 294 g/mol. The molecule has 0 spiro atoms. The number of thiophene rings is 1. The molecule has 0 amide bonds. The third kappa shape index (κ3) is 3.57. The van der Waals surface area contributed by atoms with Crippen molar-refractivity contribution >= 4 is 17.3 Å².